The maximum Gasteiger partial charge on any atom is 0.335 e. The molecular weight excluding hydrogens is 372 g/mol. The highest BCUT2D eigenvalue weighted by atomic mass is 32.2. The van der Waals surface area contributed by atoms with E-state index in [1.54, 1.807) is 23.5 Å². The Hall–Kier alpha value is -2.91. The lowest BCUT2D eigenvalue weighted by Crippen LogP contribution is -2.14. The predicted molar refractivity (Wildman–Crippen MR) is 101 cm³/mol. The molecule has 2 aromatic heterocycles. The SMILES string of the molecule is O=C(CSc1nnc2sc3ccccc3n12)Nc1ccc(C(=O)O)cc1. The standard InChI is InChI=1S/C17H12N4O3S2/c22-14(18-11-7-5-10(6-8-11)15(23)24)9-25-16-19-20-17-21(16)12-3-1-2-4-13(12)26-17/h1-8H,9H2,(H,18,22)(H,23,24). The summed E-state index contributed by atoms with van der Waals surface area (Å²) < 4.78 is 3.06. The Bertz CT molecular complexity index is 1120. The number of thiazole rings is 1. The Kier molecular flexibility index (Phi) is 4.31. The van der Waals surface area contributed by atoms with Crippen molar-refractivity contribution in [2.45, 2.75) is 5.16 Å². The fraction of sp³-hybridized carbons (Fsp3) is 0.0588. The maximum absolute atomic E-state index is 12.2. The number of benzene rings is 2. The molecule has 0 aliphatic rings. The molecule has 0 radical (unpaired) electrons. The number of aromatic carboxylic acids is 1. The molecule has 7 nitrogen and oxygen atoms in total. The molecule has 4 rings (SSSR count). The van der Waals surface area contributed by atoms with Crippen LogP contribution in [0.4, 0.5) is 5.69 Å². The summed E-state index contributed by atoms with van der Waals surface area (Å²) in [6.07, 6.45) is 0. The molecule has 2 heterocycles. The number of carboxylic acids is 1. The normalized spacial score (nSPS) is 11.1. The van der Waals surface area contributed by atoms with E-state index in [1.165, 1.54) is 23.9 Å². The summed E-state index contributed by atoms with van der Waals surface area (Å²) in [7, 11) is 0. The molecule has 0 saturated heterocycles. The molecule has 4 aromatic rings. The molecule has 0 saturated carbocycles. The van der Waals surface area contributed by atoms with Gasteiger partial charge in [-0.15, -0.1) is 10.2 Å². The van der Waals surface area contributed by atoms with Crippen molar-refractivity contribution in [3.8, 4) is 0 Å². The fourth-order valence-electron chi connectivity index (χ4n) is 2.47. The van der Waals surface area contributed by atoms with Crippen LogP contribution in [0.5, 0.6) is 0 Å². The summed E-state index contributed by atoms with van der Waals surface area (Å²) in [5, 5.41) is 20.6. The second kappa shape index (κ2) is 6.77. The number of amides is 1. The van der Waals surface area contributed by atoms with Crippen LogP contribution in [0.1, 0.15) is 10.4 Å². The first-order valence-corrected chi connectivity index (χ1v) is 9.41. The van der Waals surface area contributed by atoms with Gasteiger partial charge in [0.25, 0.3) is 0 Å². The number of rotatable bonds is 5. The van der Waals surface area contributed by atoms with Gasteiger partial charge in [-0.25, -0.2) is 4.79 Å². The third-order valence-electron chi connectivity index (χ3n) is 3.66. The van der Waals surface area contributed by atoms with E-state index in [-0.39, 0.29) is 17.2 Å². The smallest absolute Gasteiger partial charge is 0.335 e. The van der Waals surface area contributed by atoms with Gasteiger partial charge < -0.3 is 10.4 Å². The summed E-state index contributed by atoms with van der Waals surface area (Å²) >= 11 is 2.85. The molecule has 2 N–H and O–H groups in total. The topological polar surface area (TPSA) is 96.6 Å². The Morgan fingerprint density at radius 1 is 1.12 bits per heavy atom. The summed E-state index contributed by atoms with van der Waals surface area (Å²) in [5.41, 5.74) is 1.74. The number of anilines is 1. The predicted octanol–water partition coefficient (Wildman–Crippen LogP) is 3.37. The molecule has 0 fully saturated rings. The second-order valence-electron chi connectivity index (χ2n) is 5.39. The molecule has 0 unspecified atom stereocenters. The van der Waals surface area contributed by atoms with Crippen molar-refractivity contribution in [2.24, 2.45) is 0 Å². The fourth-order valence-corrected chi connectivity index (χ4v) is 4.24. The number of para-hydroxylation sites is 1. The summed E-state index contributed by atoms with van der Waals surface area (Å²) in [5.74, 6) is -1.03. The molecule has 130 valence electrons. The second-order valence-corrected chi connectivity index (χ2v) is 7.34. The number of carbonyl (C=O) groups is 2. The Balaban J connectivity index is 1.46. The Labute approximate surface area is 155 Å². The minimum atomic E-state index is -1.00. The first kappa shape index (κ1) is 16.6. The van der Waals surface area contributed by atoms with Crippen molar-refractivity contribution in [1.82, 2.24) is 14.6 Å². The van der Waals surface area contributed by atoms with Crippen LogP contribution < -0.4 is 5.32 Å². The van der Waals surface area contributed by atoms with Crippen LogP contribution in [-0.2, 0) is 4.79 Å². The number of fused-ring (bicyclic) bond motifs is 3. The monoisotopic (exact) mass is 384 g/mol. The van der Waals surface area contributed by atoms with E-state index in [0.29, 0.717) is 10.8 Å². The van der Waals surface area contributed by atoms with E-state index < -0.39 is 5.97 Å². The van der Waals surface area contributed by atoms with Crippen LogP contribution in [0.15, 0.2) is 53.7 Å². The van der Waals surface area contributed by atoms with E-state index in [1.807, 2.05) is 28.7 Å². The van der Waals surface area contributed by atoms with Crippen molar-refractivity contribution in [3.05, 3.63) is 54.1 Å². The molecule has 0 bridgehead atoms. The minimum absolute atomic E-state index is 0.172. The van der Waals surface area contributed by atoms with Gasteiger partial charge in [-0.1, -0.05) is 35.2 Å². The van der Waals surface area contributed by atoms with Crippen LogP contribution in [0.2, 0.25) is 0 Å². The van der Waals surface area contributed by atoms with Crippen molar-refractivity contribution in [1.29, 1.82) is 0 Å². The van der Waals surface area contributed by atoms with Gasteiger partial charge in [0.05, 0.1) is 21.5 Å². The Morgan fingerprint density at radius 2 is 1.88 bits per heavy atom. The number of hydrogen-bond acceptors (Lipinski definition) is 6. The van der Waals surface area contributed by atoms with E-state index in [9.17, 15) is 9.59 Å². The van der Waals surface area contributed by atoms with Crippen molar-refractivity contribution in [3.63, 3.8) is 0 Å². The van der Waals surface area contributed by atoms with Gasteiger partial charge in [0.2, 0.25) is 10.9 Å². The van der Waals surface area contributed by atoms with Crippen LogP contribution in [-0.4, -0.2) is 37.3 Å². The van der Waals surface area contributed by atoms with Gasteiger partial charge in [0.1, 0.15) is 0 Å². The van der Waals surface area contributed by atoms with E-state index in [4.69, 9.17) is 5.11 Å². The third-order valence-corrected chi connectivity index (χ3v) is 5.60. The van der Waals surface area contributed by atoms with Crippen molar-refractivity contribution in [2.75, 3.05) is 11.1 Å². The molecule has 0 aliphatic heterocycles. The van der Waals surface area contributed by atoms with Crippen LogP contribution >= 0.6 is 23.1 Å². The average molecular weight is 384 g/mol. The molecule has 0 spiro atoms. The van der Waals surface area contributed by atoms with Gasteiger partial charge in [0, 0.05) is 5.69 Å². The zero-order valence-electron chi connectivity index (χ0n) is 13.2. The van der Waals surface area contributed by atoms with Crippen molar-refractivity contribution < 1.29 is 14.7 Å². The van der Waals surface area contributed by atoms with Gasteiger partial charge >= 0.3 is 5.97 Å². The number of hydrogen-bond donors (Lipinski definition) is 2. The third kappa shape index (κ3) is 3.14. The summed E-state index contributed by atoms with van der Waals surface area (Å²) in [6, 6.07) is 14.0. The lowest BCUT2D eigenvalue weighted by Gasteiger charge is -2.05. The lowest BCUT2D eigenvalue weighted by molar-refractivity contribution is -0.113. The van der Waals surface area contributed by atoms with Gasteiger partial charge in [-0.05, 0) is 36.4 Å². The molecule has 1 amide bonds. The zero-order chi connectivity index (χ0) is 18.1. The van der Waals surface area contributed by atoms with Gasteiger partial charge in [-0.3, -0.25) is 9.20 Å². The molecule has 9 heteroatoms. The maximum atomic E-state index is 12.2. The van der Waals surface area contributed by atoms with Gasteiger partial charge in [-0.2, -0.15) is 0 Å². The lowest BCUT2D eigenvalue weighted by atomic mass is 10.2. The molecule has 2 aromatic carbocycles. The highest BCUT2D eigenvalue weighted by Crippen LogP contribution is 2.29. The van der Waals surface area contributed by atoms with E-state index in [2.05, 4.69) is 15.5 Å². The summed E-state index contributed by atoms with van der Waals surface area (Å²) in [6.45, 7) is 0. The quantitative estimate of drug-likeness (QED) is 0.512. The van der Waals surface area contributed by atoms with Crippen LogP contribution in [0.25, 0.3) is 15.2 Å². The molecule has 26 heavy (non-hydrogen) atoms. The highest BCUT2D eigenvalue weighted by Gasteiger charge is 2.14. The number of aromatic nitrogens is 3. The first-order chi connectivity index (χ1) is 12.6. The number of carboxylic acid groups (broad SMARTS) is 1. The largest absolute Gasteiger partial charge is 0.478 e. The van der Waals surface area contributed by atoms with Crippen LogP contribution in [0.3, 0.4) is 0 Å². The average Bonchev–Trinajstić information content (AvgIpc) is 3.19. The number of nitrogens with one attached hydrogen (secondary N) is 1. The number of thioether (sulfide) groups is 1. The number of nitrogens with zero attached hydrogens (tertiary/aromatic N) is 3. The van der Waals surface area contributed by atoms with E-state index >= 15 is 0 Å². The molecule has 0 aliphatic carbocycles. The van der Waals surface area contributed by atoms with Crippen LogP contribution in [0, 0.1) is 0 Å². The van der Waals surface area contributed by atoms with E-state index in [0.717, 1.165) is 15.2 Å². The molecular formula is C17H12N4O3S2. The first-order valence-electron chi connectivity index (χ1n) is 7.60. The molecule has 0 atom stereocenters. The minimum Gasteiger partial charge on any atom is -0.478 e. The highest BCUT2D eigenvalue weighted by molar-refractivity contribution is 7.99. The van der Waals surface area contributed by atoms with Crippen molar-refractivity contribution >= 4 is 55.8 Å². The summed E-state index contributed by atoms with van der Waals surface area (Å²) in [4.78, 5) is 23.8. The number of carbonyl (C=O) groups excluding carboxylic acids is 1. The Morgan fingerprint density at radius 3 is 2.65 bits per heavy atom. The van der Waals surface area contributed by atoms with Gasteiger partial charge in [0.15, 0.2) is 5.16 Å². The zero-order valence-corrected chi connectivity index (χ0v) is 14.9.